The number of hydrogen-bond donors (Lipinski definition) is 1. The molecule has 2 saturated heterocycles. The highest BCUT2D eigenvalue weighted by molar-refractivity contribution is 7.24. The van der Waals surface area contributed by atoms with Crippen LogP contribution in [0.2, 0.25) is 0 Å². The van der Waals surface area contributed by atoms with Crippen LogP contribution in [0.5, 0.6) is 0 Å². The van der Waals surface area contributed by atoms with Crippen molar-refractivity contribution in [3.63, 3.8) is 0 Å². The minimum atomic E-state index is -0.564. The number of hydrogen-bond acceptors (Lipinski definition) is 9. The molecule has 1 N–H and O–H groups in total. The zero-order valence-corrected chi connectivity index (χ0v) is 25.4. The van der Waals surface area contributed by atoms with Crippen molar-refractivity contribution in [2.24, 2.45) is 5.92 Å². The largest absolute Gasteiger partial charge is 0.444 e. The molecule has 5 heterocycles. The summed E-state index contributed by atoms with van der Waals surface area (Å²) in [5.74, 6) is 0.233. The lowest BCUT2D eigenvalue weighted by Crippen LogP contribution is -2.37. The molecule has 222 valence electrons. The topological polar surface area (TPSA) is 112 Å². The van der Waals surface area contributed by atoms with Crippen LogP contribution in [0, 0.1) is 5.92 Å². The van der Waals surface area contributed by atoms with E-state index in [-0.39, 0.29) is 23.0 Å². The first-order chi connectivity index (χ1) is 20.1. The van der Waals surface area contributed by atoms with E-state index in [2.05, 4.69) is 27.1 Å². The van der Waals surface area contributed by atoms with Gasteiger partial charge in [-0.1, -0.05) is 12.1 Å². The van der Waals surface area contributed by atoms with Crippen molar-refractivity contribution in [3.05, 3.63) is 46.2 Å². The molecule has 12 heteroatoms. The Hall–Kier alpha value is -3.77. The standard InChI is InChI=1S/C30H37N7O4S/c1-30(2,3)41-29(40)36-13-10-19(18-36)16-31-26(39)23-24(38)20-17-32-28(35-12-7-11-34(4)14-15-35)33-25(20)37-21-8-5-6-9-22(21)42-27(23)37/h5-6,8-9,17,19H,7,10-16,18H2,1-4H3,(H,31,39). The fraction of sp³-hybridized carbons (Fsp3) is 0.500. The normalized spacial score (nSPS) is 18.6. The van der Waals surface area contributed by atoms with Crippen LogP contribution in [-0.2, 0) is 4.74 Å². The van der Waals surface area contributed by atoms with Crippen LogP contribution >= 0.6 is 11.3 Å². The lowest BCUT2D eigenvalue weighted by molar-refractivity contribution is 0.0288. The second kappa shape index (κ2) is 11.1. The van der Waals surface area contributed by atoms with E-state index >= 15 is 0 Å². The molecule has 1 atom stereocenters. The van der Waals surface area contributed by atoms with Crippen LogP contribution in [0.1, 0.15) is 44.0 Å². The third kappa shape index (κ3) is 5.52. The fourth-order valence-electron chi connectivity index (χ4n) is 5.70. The smallest absolute Gasteiger partial charge is 0.410 e. The van der Waals surface area contributed by atoms with Crippen LogP contribution < -0.4 is 15.6 Å². The molecule has 0 spiro atoms. The molecular weight excluding hydrogens is 554 g/mol. The molecule has 3 aromatic heterocycles. The number of para-hydroxylation sites is 1. The fourth-order valence-corrected chi connectivity index (χ4v) is 6.89. The van der Waals surface area contributed by atoms with Gasteiger partial charge in [-0.05, 0) is 65.3 Å². The second-order valence-corrected chi connectivity index (χ2v) is 13.3. The molecule has 42 heavy (non-hydrogen) atoms. The maximum absolute atomic E-state index is 13.9. The Morgan fingerprint density at radius 1 is 1.12 bits per heavy atom. The van der Waals surface area contributed by atoms with E-state index in [0.29, 0.717) is 41.4 Å². The zero-order chi connectivity index (χ0) is 29.6. The third-order valence-electron chi connectivity index (χ3n) is 7.89. The first-order valence-corrected chi connectivity index (χ1v) is 15.3. The van der Waals surface area contributed by atoms with Crippen molar-refractivity contribution in [3.8, 4) is 0 Å². The molecule has 2 aliphatic heterocycles. The molecule has 4 aromatic rings. The number of nitrogens with zero attached hydrogens (tertiary/aromatic N) is 6. The Morgan fingerprint density at radius 3 is 2.74 bits per heavy atom. The number of pyridine rings is 1. The number of likely N-dealkylation sites (tertiary alicyclic amines) is 1. The summed E-state index contributed by atoms with van der Waals surface area (Å²) >= 11 is 1.41. The number of carbonyl (C=O) groups excluding carboxylic acids is 2. The Morgan fingerprint density at radius 2 is 1.93 bits per heavy atom. The molecule has 2 amide bonds. The van der Waals surface area contributed by atoms with E-state index in [1.807, 2.05) is 49.4 Å². The molecular formula is C30H37N7O4S. The van der Waals surface area contributed by atoms with Gasteiger partial charge < -0.3 is 24.8 Å². The molecule has 1 aromatic carbocycles. The summed E-state index contributed by atoms with van der Waals surface area (Å²) in [4.78, 5) is 56.2. The van der Waals surface area contributed by atoms with Crippen LogP contribution in [-0.4, -0.2) is 94.6 Å². The Kier molecular flexibility index (Phi) is 7.52. The summed E-state index contributed by atoms with van der Waals surface area (Å²) < 4.78 is 8.38. The van der Waals surface area contributed by atoms with Crippen molar-refractivity contribution in [2.75, 3.05) is 57.8 Å². The molecule has 2 fully saturated rings. The zero-order valence-electron chi connectivity index (χ0n) is 24.6. The molecule has 1 unspecified atom stereocenters. The summed E-state index contributed by atoms with van der Waals surface area (Å²) in [7, 11) is 2.11. The summed E-state index contributed by atoms with van der Waals surface area (Å²) in [6.07, 6.45) is 2.98. The molecule has 0 radical (unpaired) electrons. The number of benzene rings is 1. The predicted molar refractivity (Wildman–Crippen MR) is 165 cm³/mol. The number of carbonyl (C=O) groups is 2. The number of rotatable bonds is 4. The van der Waals surface area contributed by atoms with E-state index in [0.717, 1.165) is 49.2 Å². The Labute approximate surface area is 248 Å². The predicted octanol–water partition coefficient (Wildman–Crippen LogP) is 3.59. The number of nitrogens with one attached hydrogen (secondary N) is 1. The Bertz CT molecular complexity index is 1730. The number of ether oxygens (including phenoxy) is 1. The van der Waals surface area contributed by atoms with Crippen molar-refractivity contribution >= 4 is 55.4 Å². The number of fused-ring (bicyclic) bond motifs is 5. The highest BCUT2D eigenvalue weighted by atomic mass is 32.1. The average Bonchev–Trinajstić information content (AvgIpc) is 3.51. The third-order valence-corrected chi connectivity index (χ3v) is 9.03. The highest BCUT2D eigenvalue weighted by Gasteiger charge is 2.31. The van der Waals surface area contributed by atoms with E-state index < -0.39 is 11.5 Å². The van der Waals surface area contributed by atoms with Crippen molar-refractivity contribution < 1.29 is 14.3 Å². The summed E-state index contributed by atoms with van der Waals surface area (Å²) in [5, 5.41) is 3.30. The first kappa shape index (κ1) is 28.4. The summed E-state index contributed by atoms with van der Waals surface area (Å²) in [6, 6.07) is 7.86. The van der Waals surface area contributed by atoms with E-state index in [4.69, 9.17) is 9.72 Å². The number of amides is 2. The first-order valence-electron chi connectivity index (χ1n) is 14.5. The van der Waals surface area contributed by atoms with Gasteiger partial charge in [-0.2, -0.15) is 4.98 Å². The maximum atomic E-state index is 13.9. The number of aromatic nitrogens is 3. The SMILES string of the molecule is CN1CCCN(c2ncc3c(=O)c(C(=O)NCC4CCN(C(=O)OC(C)(C)C)C4)c4sc5ccccc5n4c3n2)CC1. The van der Waals surface area contributed by atoms with Crippen LogP contribution in [0.15, 0.2) is 35.3 Å². The molecule has 6 rings (SSSR count). The average molecular weight is 592 g/mol. The van der Waals surface area contributed by atoms with Gasteiger partial charge in [-0.3, -0.25) is 14.0 Å². The quantitative estimate of drug-likeness (QED) is 0.383. The molecule has 0 aliphatic carbocycles. The molecule has 0 saturated carbocycles. The lowest BCUT2D eigenvalue weighted by Gasteiger charge is -2.24. The van der Waals surface area contributed by atoms with Crippen LogP contribution in [0.4, 0.5) is 10.7 Å². The van der Waals surface area contributed by atoms with E-state index in [1.165, 1.54) is 11.3 Å². The monoisotopic (exact) mass is 591 g/mol. The number of likely N-dealkylation sites (N-methyl/N-ethyl adjacent to an activating group) is 1. The summed E-state index contributed by atoms with van der Waals surface area (Å²) in [5.41, 5.74) is 0.554. The second-order valence-electron chi connectivity index (χ2n) is 12.3. The van der Waals surface area contributed by atoms with Gasteiger partial charge in [0, 0.05) is 45.5 Å². The van der Waals surface area contributed by atoms with E-state index in [1.54, 1.807) is 11.1 Å². The van der Waals surface area contributed by atoms with Gasteiger partial charge >= 0.3 is 6.09 Å². The highest BCUT2D eigenvalue weighted by Crippen LogP contribution is 2.31. The van der Waals surface area contributed by atoms with Crippen molar-refractivity contribution in [1.29, 1.82) is 0 Å². The molecule has 2 aliphatic rings. The molecule has 11 nitrogen and oxygen atoms in total. The number of anilines is 1. The number of thiazole rings is 1. The van der Waals surface area contributed by atoms with Gasteiger partial charge in [-0.25, -0.2) is 9.78 Å². The summed E-state index contributed by atoms with van der Waals surface area (Å²) in [6.45, 7) is 10.5. The van der Waals surface area contributed by atoms with Crippen molar-refractivity contribution in [2.45, 2.75) is 39.2 Å². The van der Waals surface area contributed by atoms with Gasteiger partial charge in [0.15, 0.2) is 5.65 Å². The van der Waals surface area contributed by atoms with E-state index in [9.17, 15) is 14.4 Å². The van der Waals surface area contributed by atoms with Gasteiger partial charge in [-0.15, -0.1) is 11.3 Å². The van der Waals surface area contributed by atoms with Gasteiger partial charge in [0.1, 0.15) is 16.0 Å². The minimum absolute atomic E-state index is 0.0705. The molecule has 0 bridgehead atoms. The van der Waals surface area contributed by atoms with Gasteiger partial charge in [0.2, 0.25) is 11.4 Å². The van der Waals surface area contributed by atoms with Gasteiger partial charge in [0.25, 0.3) is 5.91 Å². The lowest BCUT2D eigenvalue weighted by atomic mass is 10.1. The van der Waals surface area contributed by atoms with Gasteiger partial charge in [0.05, 0.1) is 15.6 Å². The maximum Gasteiger partial charge on any atom is 0.410 e. The van der Waals surface area contributed by atoms with Crippen LogP contribution in [0.25, 0.3) is 26.1 Å². The van der Waals surface area contributed by atoms with Crippen LogP contribution in [0.3, 0.4) is 0 Å². The Balaban J connectivity index is 1.32. The van der Waals surface area contributed by atoms with Crippen molar-refractivity contribution in [1.82, 2.24) is 29.5 Å². The minimum Gasteiger partial charge on any atom is -0.444 e.